The van der Waals surface area contributed by atoms with Crippen LogP contribution in [-0.4, -0.2) is 18.4 Å². The number of amides is 2. The normalized spacial score (nSPS) is 11.2. The van der Waals surface area contributed by atoms with Gasteiger partial charge in [0.2, 0.25) is 5.91 Å². The van der Waals surface area contributed by atoms with Gasteiger partial charge in [0.15, 0.2) is 6.61 Å². The zero-order valence-corrected chi connectivity index (χ0v) is 15.4. The van der Waals surface area contributed by atoms with Gasteiger partial charge in [-0.1, -0.05) is 30.3 Å². The number of nitrogens with one attached hydrogen (secondary N) is 1. The average Bonchev–Trinajstić information content (AvgIpc) is 3.09. The van der Waals surface area contributed by atoms with Gasteiger partial charge in [0.25, 0.3) is 5.91 Å². The molecule has 29 heavy (non-hydrogen) atoms. The lowest BCUT2D eigenvalue weighted by Gasteiger charge is -2.04. The zero-order valence-electron chi connectivity index (χ0n) is 15.4. The Kier molecular flexibility index (Phi) is 4.99. The molecule has 1 aromatic heterocycles. The number of para-hydroxylation sites is 1. The molecule has 0 atom stereocenters. The number of carbonyl (C=O) groups excluding carboxylic acids is 2. The maximum Gasteiger partial charge on any atom is 0.255 e. The van der Waals surface area contributed by atoms with Gasteiger partial charge in [-0.05, 0) is 42.0 Å². The first kappa shape index (κ1) is 18.3. The number of primary amides is 1. The van der Waals surface area contributed by atoms with Crippen LogP contribution in [0.3, 0.4) is 0 Å². The molecule has 4 rings (SSSR count). The highest BCUT2D eigenvalue weighted by Crippen LogP contribution is 2.30. The molecular formula is C23H18N2O4. The molecule has 0 aliphatic rings. The standard InChI is InChI=1S/C23H18N2O4/c24-22(26)14-28-17-9-5-15(6-10-17)7-12-23(27)25-16-8-11-19-18-3-1-2-4-20(18)29-21(19)13-16/h1-13H,14H2,(H2,24,26)(H,25,27). The quantitative estimate of drug-likeness (QED) is 0.488. The van der Waals surface area contributed by atoms with Gasteiger partial charge >= 0.3 is 0 Å². The van der Waals surface area contributed by atoms with Crippen LogP contribution in [0.1, 0.15) is 5.56 Å². The van der Waals surface area contributed by atoms with E-state index >= 15 is 0 Å². The van der Waals surface area contributed by atoms with Crippen molar-refractivity contribution >= 4 is 45.5 Å². The topological polar surface area (TPSA) is 94.6 Å². The van der Waals surface area contributed by atoms with Crippen LogP contribution in [0.15, 0.2) is 77.2 Å². The molecule has 0 radical (unpaired) electrons. The molecule has 144 valence electrons. The second-order valence-corrected chi connectivity index (χ2v) is 6.46. The third-order valence-electron chi connectivity index (χ3n) is 4.33. The first-order valence-electron chi connectivity index (χ1n) is 9.00. The Balaban J connectivity index is 1.42. The smallest absolute Gasteiger partial charge is 0.255 e. The number of ether oxygens (including phenoxy) is 1. The van der Waals surface area contributed by atoms with Crippen LogP contribution < -0.4 is 15.8 Å². The van der Waals surface area contributed by atoms with Crippen LogP contribution in [0.2, 0.25) is 0 Å². The van der Waals surface area contributed by atoms with Crippen molar-refractivity contribution in [3.63, 3.8) is 0 Å². The molecule has 0 aliphatic heterocycles. The van der Waals surface area contributed by atoms with Gasteiger partial charge in [0.05, 0.1) is 0 Å². The molecule has 1 heterocycles. The monoisotopic (exact) mass is 386 g/mol. The van der Waals surface area contributed by atoms with Crippen LogP contribution in [0.25, 0.3) is 28.0 Å². The minimum absolute atomic E-state index is 0.173. The highest BCUT2D eigenvalue weighted by molar-refractivity contribution is 6.07. The number of hydrogen-bond donors (Lipinski definition) is 2. The summed E-state index contributed by atoms with van der Waals surface area (Å²) in [5.74, 6) is -0.259. The Morgan fingerprint density at radius 2 is 1.72 bits per heavy atom. The maximum atomic E-state index is 12.2. The van der Waals surface area contributed by atoms with Crippen molar-refractivity contribution in [2.75, 3.05) is 11.9 Å². The van der Waals surface area contributed by atoms with Gasteiger partial charge in [-0.2, -0.15) is 0 Å². The van der Waals surface area contributed by atoms with E-state index in [2.05, 4.69) is 5.32 Å². The molecule has 3 aromatic carbocycles. The summed E-state index contributed by atoms with van der Waals surface area (Å²) in [7, 11) is 0. The Labute approximate surface area is 166 Å². The van der Waals surface area contributed by atoms with E-state index < -0.39 is 5.91 Å². The van der Waals surface area contributed by atoms with Crippen LogP contribution in [0.5, 0.6) is 5.75 Å². The fraction of sp³-hybridized carbons (Fsp3) is 0.0435. The molecule has 2 amide bonds. The number of carbonyl (C=O) groups is 2. The molecule has 4 aromatic rings. The number of rotatable bonds is 6. The first-order valence-corrected chi connectivity index (χ1v) is 9.00. The van der Waals surface area contributed by atoms with Crippen molar-refractivity contribution < 1.29 is 18.7 Å². The molecule has 0 spiro atoms. The highest BCUT2D eigenvalue weighted by atomic mass is 16.5. The first-order chi connectivity index (χ1) is 14.1. The number of hydrogen-bond acceptors (Lipinski definition) is 4. The summed E-state index contributed by atoms with van der Waals surface area (Å²) in [4.78, 5) is 23.0. The highest BCUT2D eigenvalue weighted by Gasteiger charge is 2.07. The van der Waals surface area contributed by atoms with Crippen LogP contribution >= 0.6 is 0 Å². The van der Waals surface area contributed by atoms with Crippen molar-refractivity contribution in [1.82, 2.24) is 0 Å². The minimum atomic E-state index is -0.536. The largest absolute Gasteiger partial charge is 0.484 e. The van der Waals surface area contributed by atoms with Crippen LogP contribution in [-0.2, 0) is 9.59 Å². The molecule has 0 aliphatic carbocycles. The summed E-state index contributed by atoms with van der Waals surface area (Å²) in [5, 5.41) is 4.88. The predicted molar refractivity (Wildman–Crippen MR) is 113 cm³/mol. The van der Waals surface area contributed by atoms with Crippen molar-refractivity contribution in [2.45, 2.75) is 0 Å². The molecule has 0 saturated heterocycles. The maximum absolute atomic E-state index is 12.2. The van der Waals surface area contributed by atoms with E-state index in [-0.39, 0.29) is 12.5 Å². The Morgan fingerprint density at radius 1 is 0.966 bits per heavy atom. The van der Waals surface area contributed by atoms with E-state index in [1.807, 2.05) is 42.5 Å². The van der Waals surface area contributed by atoms with Gasteiger partial charge in [0.1, 0.15) is 16.9 Å². The molecular weight excluding hydrogens is 368 g/mol. The third-order valence-corrected chi connectivity index (χ3v) is 4.33. The molecule has 3 N–H and O–H groups in total. The molecule has 6 nitrogen and oxygen atoms in total. The van der Waals surface area contributed by atoms with E-state index in [9.17, 15) is 9.59 Å². The predicted octanol–water partition coefficient (Wildman–Crippen LogP) is 4.10. The van der Waals surface area contributed by atoms with Gasteiger partial charge < -0.3 is 20.2 Å². The summed E-state index contributed by atoms with van der Waals surface area (Å²) in [6.07, 6.45) is 3.13. The Hall–Kier alpha value is -4.06. The van der Waals surface area contributed by atoms with E-state index in [1.165, 1.54) is 6.08 Å². The average molecular weight is 386 g/mol. The molecule has 0 saturated carbocycles. The molecule has 0 fully saturated rings. The van der Waals surface area contributed by atoms with Crippen molar-refractivity contribution in [3.05, 3.63) is 78.4 Å². The fourth-order valence-electron chi connectivity index (χ4n) is 2.99. The Morgan fingerprint density at radius 3 is 2.52 bits per heavy atom. The summed E-state index contributed by atoms with van der Waals surface area (Å²) in [5.41, 5.74) is 8.05. The van der Waals surface area contributed by atoms with Crippen molar-refractivity contribution in [2.24, 2.45) is 5.73 Å². The van der Waals surface area contributed by atoms with Gasteiger partial charge in [-0.25, -0.2) is 0 Å². The number of fused-ring (bicyclic) bond motifs is 3. The summed E-state index contributed by atoms with van der Waals surface area (Å²) in [6.45, 7) is -0.173. The van der Waals surface area contributed by atoms with Crippen molar-refractivity contribution in [1.29, 1.82) is 0 Å². The lowest BCUT2D eigenvalue weighted by atomic mass is 10.1. The summed E-state index contributed by atoms with van der Waals surface area (Å²) >= 11 is 0. The number of anilines is 1. The van der Waals surface area contributed by atoms with E-state index in [4.69, 9.17) is 14.9 Å². The zero-order chi connectivity index (χ0) is 20.2. The van der Waals surface area contributed by atoms with Crippen LogP contribution in [0, 0.1) is 0 Å². The second-order valence-electron chi connectivity index (χ2n) is 6.46. The lowest BCUT2D eigenvalue weighted by Crippen LogP contribution is -2.19. The Bertz CT molecular complexity index is 1220. The van der Waals surface area contributed by atoms with Crippen LogP contribution in [0.4, 0.5) is 5.69 Å². The fourth-order valence-corrected chi connectivity index (χ4v) is 2.99. The van der Waals surface area contributed by atoms with Gasteiger partial charge in [0, 0.05) is 28.6 Å². The lowest BCUT2D eigenvalue weighted by molar-refractivity contribution is -0.120. The van der Waals surface area contributed by atoms with Gasteiger partial charge in [-0.3, -0.25) is 9.59 Å². The van der Waals surface area contributed by atoms with E-state index in [1.54, 1.807) is 30.3 Å². The number of nitrogens with two attached hydrogens (primary N) is 1. The van der Waals surface area contributed by atoms with Gasteiger partial charge in [-0.15, -0.1) is 0 Å². The molecule has 0 bridgehead atoms. The second kappa shape index (κ2) is 7.90. The summed E-state index contributed by atoms with van der Waals surface area (Å²) < 4.78 is 11.0. The molecule has 6 heteroatoms. The SMILES string of the molecule is NC(=O)COc1ccc(C=CC(=O)Nc2ccc3c(c2)oc2ccccc23)cc1. The van der Waals surface area contributed by atoms with E-state index in [0.29, 0.717) is 11.4 Å². The minimum Gasteiger partial charge on any atom is -0.484 e. The number of furan rings is 1. The number of benzene rings is 3. The van der Waals surface area contributed by atoms with E-state index in [0.717, 1.165) is 27.5 Å². The third kappa shape index (κ3) is 4.27. The van der Waals surface area contributed by atoms with Crippen molar-refractivity contribution in [3.8, 4) is 5.75 Å². The summed E-state index contributed by atoms with van der Waals surface area (Å²) in [6, 6.07) is 20.4. The molecule has 0 unspecified atom stereocenters.